The third-order valence-corrected chi connectivity index (χ3v) is 6.45. The van der Waals surface area contributed by atoms with Crippen LogP contribution in [0.15, 0.2) is 79.1 Å². The fourth-order valence-corrected chi connectivity index (χ4v) is 4.47. The number of unbranched alkanes of at least 4 members (excludes halogenated alkanes) is 1. The normalized spacial score (nSPS) is 16.8. The van der Waals surface area contributed by atoms with Crippen LogP contribution in [0.3, 0.4) is 0 Å². The van der Waals surface area contributed by atoms with Crippen LogP contribution in [0.5, 0.6) is 0 Å². The minimum absolute atomic E-state index is 0.0861. The van der Waals surface area contributed by atoms with E-state index in [9.17, 15) is 9.59 Å². The van der Waals surface area contributed by atoms with Gasteiger partial charge in [0.25, 0.3) is 5.91 Å². The van der Waals surface area contributed by atoms with Gasteiger partial charge in [-0.25, -0.2) is 0 Å². The zero-order chi connectivity index (χ0) is 26.6. The van der Waals surface area contributed by atoms with Crippen LogP contribution in [-0.4, -0.2) is 34.3 Å². The number of hydrogen-bond donors (Lipinski definition) is 1. The van der Waals surface area contributed by atoms with Gasteiger partial charge in [0.15, 0.2) is 0 Å². The summed E-state index contributed by atoms with van der Waals surface area (Å²) in [4.78, 5) is 31.1. The molecule has 0 aliphatic carbocycles. The molecule has 1 aliphatic rings. The second-order valence-corrected chi connectivity index (χ2v) is 9.40. The van der Waals surface area contributed by atoms with E-state index >= 15 is 0 Å². The number of nitrogens with zero attached hydrogens (tertiary/aromatic N) is 2. The molecule has 0 unspecified atom stereocenters. The molecular weight excluding hydrogens is 458 g/mol. The second kappa shape index (κ2) is 19.0. The van der Waals surface area contributed by atoms with Crippen LogP contribution in [0.2, 0.25) is 0 Å². The van der Waals surface area contributed by atoms with E-state index in [0.29, 0.717) is 24.1 Å². The van der Waals surface area contributed by atoms with Crippen molar-refractivity contribution in [2.45, 2.75) is 90.0 Å². The van der Waals surface area contributed by atoms with Crippen LogP contribution < -0.4 is 5.73 Å². The smallest absolute Gasteiger partial charge is 0.250 e. The second-order valence-electron chi connectivity index (χ2n) is 9.40. The third-order valence-electron chi connectivity index (χ3n) is 6.45. The fourth-order valence-electron chi connectivity index (χ4n) is 4.47. The topological polar surface area (TPSA) is 76.3 Å². The Hall–Kier alpha value is -3.21. The van der Waals surface area contributed by atoms with Crippen molar-refractivity contribution in [2.24, 2.45) is 5.73 Å². The van der Waals surface area contributed by atoms with Gasteiger partial charge < -0.3 is 10.6 Å². The number of carbonyl (C=O) groups is 2. The Balaban J connectivity index is 1.63. The number of likely N-dealkylation sites (tertiary alicyclic amines) is 1. The third kappa shape index (κ3) is 12.5. The molecular formula is C32H45N3O2. The number of piperidine rings is 1. The largest absolute Gasteiger partial charge is 0.366 e. The highest BCUT2D eigenvalue weighted by Gasteiger charge is 2.27. The van der Waals surface area contributed by atoms with Crippen LogP contribution in [0.1, 0.15) is 93.6 Å². The summed E-state index contributed by atoms with van der Waals surface area (Å²) < 4.78 is 0. The minimum atomic E-state index is -0.464. The van der Waals surface area contributed by atoms with Gasteiger partial charge in [-0.15, -0.1) is 0 Å². The molecule has 0 bridgehead atoms. The molecule has 1 fully saturated rings. The molecule has 5 heteroatoms. The van der Waals surface area contributed by atoms with Crippen LogP contribution in [0.4, 0.5) is 0 Å². The van der Waals surface area contributed by atoms with Gasteiger partial charge >= 0.3 is 0 Å². The van der Waals surface area contributed by atoms with Crippen molar-refractivity contribution in [2.75, 3.05) is 6.54 Å². The molecule has 1 aromatic heterocycles. The fraction of sp³-hybridized carbons (Fsp3) is 0.469. The predicted molar refractivity (Wildman–Crippen MR) is 154 cm³/mol. The lowest BCUT2D eigenvalue weighted by atomic mass is 9.95. The maximum Gasteiger partial charge on any atom is 0.250 e. The Kier molecular flexibility index (Phi) is 15.4. The van der Waals surface area contributed by atoms with E-state index in [-0.39, 0.29) is 11.9 Å². The van der Waals surface area contributed by atoms with Gasteiger partial charge in [0.1, 0.15) is 0 Å². The molecule has 1 aliphatic heterocycles. The molecule has 1 atom stereocenters. The monoisotopic (exact) mass is 503 g/mol. The van der Waals surface area contributed by atoms with Gasteiger partial charge in [-0.1, -0.05) is 67.7 Å². The van der Waals surface area contributed by atoms with Crippen molar-refractivity contribution in [1.29, 1.82) is 0 Å². The van der Waals surface area contributed by atoms with Crippen LogP contribution >= 0.6 is 0 Å². The van der Waals surface area contributed by atoms with Crippen LogP contribution in [-0.2, 0) is 11.2 Å². The summed E-state index contributed by atoms with van der Waals surface area (Å²) >= 11 is 0. The Morgan fingerprint density at radius 1 is 0.946 bits per heavy atom. The molecule has 2 amide bonds. The molecule has 2 rings (SSSR count). The van der Waals surface area contributed by atoms with E-state index in [1.54, 1.807) is 18.3 Å². The van der Waals surface area contributed by atoms with E-state index in [2.05, 4.69) is 72.7 Å². The van der Waals surface area contributed by atoms with Gasteiger partial charge in [0, 0.05) is 31.6 Å². The van der Waals surface area contributed by atoms with Crippen LogP contribution in [0.25, 0.3) is 0 Å². The average Bonchev–Trinajstić information content (AvgIpc) is 2.91. The maximum atomic E-state index is 12.9. The summed E-state index contributed by atoms with van der Waals surface area (Å²) in [5.74, 6) is -0.262. The first-order valence-electron chi connectivity index (χ1n) is 13.9. The molecule has 0 radical (unpaired) electrons. The first kappa shape index (κ1) is 30.0. The summed E-state index contributed by atoms with van der Waals surface area (Å²) in [5, 5.41) is 0. The number of carbonyl (C=O) groups excluding carboxylic acids is 2. The summed E-state index contributed by atoms with van der Waals surface area (Å²) in [5.41, 5.74) is 6.67. The number of primary amides is 1. The SMILES string of the molecule is CC/C=C\C/C=C\C/C=C\C/C=C\C/C=C\CCCC(=O)N1CCCC[C@@H]1Cc1ncccc1C(N)=O. The van der Waals surface area contributed by atoms with Gasteiger partial charge in [-0.05, 0) is 76.3 Å². The maximum absolute atomic E-state index is 12.9. The number of rotatable bonds is 16. The molecule has 0 spiro atoms. The predicted octanol–water partition coefficient (Wildman–Crippen LogP) is 7.03. The summed E-state index contributed by atoms with van der Waals surface area (Å²) in [7, 11) is 0. The van der Waals surface area contributed by atoms with Crippen LogP contribution in [0, 0.1) is 0 Å². The van der Waals surface area contributed by atoms with E-state index in [0.717, 1.165) is 70.8 Å². The number of nitrogens with two attached hydrogens (primary N) is 1. The number of allylic oxidation sites excluding steroid dienone is 10. The molecule has 2 N–H and O–H groups in total. The van der Waals surface area contributed by atoms with E-state index in [1.807, 2.05) is 4.90 Å². The number of amides is 2. The van der Waals surface area contributed by atoms with Crippen molar-refractivity contribution < 1.29 is 9.59 Å². The standard InChI is InChI=1S/C32H45N3O2/c1-2-3-4-5-6-7-8-9-10-11-12-13-14-15-16-17-18-24-31(36)35-26-20-19-22-28(35)27-30-29(32(33)37)23-21-25-34-30/h3-4,6-7,9-10,12-13,15-16,21,23,25,28H,2,5,8,11,14,17-20,22,24,26-27H2,1H3,(H2,33,37)/b4-3-,7-6-,10-9-,13-12-,16-15-/t28-/m1/s1. The Morgan fingerprint density at radius 3 is 2.19 bits per heavy atom. The molecule has 0 saturated carbocycles. The Labute approximate surface area is 223 Å². The summed E-state index contributed by atoms with van der Waals surface area (Å²) in [6, 6.07) is 3.52. The van der Waals surface area contributed by atoms with E-state index in [1.165, 1.54) is 0 Å². The summed E-state index contributed by atoms with van der Waals surface area (Å²) in [6.45, 7) is 2.93. The number of aromatic nitrogens is 1. The highest BCUT2D eigenvalue weighted by molar-refractivity contribution is 5.93. The highest BCUT2D eigenvalue weighted by Crippen LogP contribution is 2.23. The lowest BCUT2D eigenvalue weighted by molar-refractivity contribution is -0.134. The average molecular weight is 504 g/mol. The summed E-state index contributed by atoms with van der Waals surface area (Å²) in [6.07, 6.45) is 34.6. The molecule has 2 heterocycles. The lowest BCUT2D eigenvalue weighted by Crippen LogP contribution is -2.45. The highest BCUT2D eigenvalue weighted by atomic mass is 16.2. The molecule has 1 saturated heterocycles. The molecule has 5 nitrogen and oxygen atoms in total. The van der Waals surface area contributed by atoms with Crippen molar-refractivity contribution in [1.82, 2.24) is 9.88 Å². The molecule has 1 aromatic rings. The van der Waals surface area contributed by atoms with Crippen molar-refractivity contribution >= 4 is 11.8 Å². The van der Waals surface area contributed by atoms with Crippen molar-refractivity contribution in [3.8, 4) is 0 Å². The molecule has 0 aromatic carbocycles. The molecule has 200 valence electrons. The first-order valence-corrected chi connectivity index (χ1v) is 13.9. The van der Waals surface area contributed by atoms with E-state index in [4.69, 9.17) is 5.73 Å². The van der Waals surface area contributed by atoms with Crippen molar-refractivity contribution in [3.05, 3.63) is 90.3 Å². The first-order chi connectivity index (χ1) is 18.1. The van der Waals surface area contributed by atoms with Gasteiger partial charge in [0.2, 0.25) is 5.91 Å². The van der Waals surface area contributed by atoms with Crippen molar-refractivity contribution in [3.63, 3.8) is 0 Å². The zero-order valence-corrected chi connectivity index (χ0v) is 22.6. The lowest BCUT2D eigenvalue weighted by Gasteiger charge is -2.36. The quantitative estimate of drug-likeness (QED) is 0.194. The van der Waals surface area contributed by atoms with Gasteiger partial charge in [0.05, 0.1) is 11.3 Å². The molecule has 37 heavy (non-hydrogen) atoms. The number of pyridine rings is 1. The van der Waals surface area contributed by atoms with Gasteiger partial charge in [-0.2, -0.15) is 0 Å². The number of hydrogen-bond acceptors (Lipinski definition) is 3. The Bertz CT molecular complexity index is 959. The minimum Gasteiger partial charge on any atom is -0.366 e. The zero-order valence-electron chi connectivity index (χ0n) is 22.6. The van der Waals surface area contributed by atoms with E-state index < -0.39 is 5.91 Å². The van der Waals surface area contributed by atoms with Gasteiger partial charge in [-0.3, -0.25) is 14.6 Å². The Morgan fingerprint density at radius 2 is 1.57 bits per heavy atom.